The van der Waals surface area contributed by atoms with Crippen molar-refractivity contribution in [1.82, 2.24) is 0 Å². The van der Waals surface area contributed by atoms with Crippen LogP contribution < -0.4 is 0 Å². The Morgan fingerprint density at radius 1 is 1.54 bits per heavy atom. The zero-order valence-corrected chi connectivity index (χ0v) is 8.96. The molecular formula is C10H19ClO2. The third-order valence-electron chi connectivity index (χ3n) is 2.59. The molecule has 13 heavy (non-hydrogen) atoms. The summed E-state index contributed by atoms with van der Waals surface area (Å²) in [4.78, 5) is 0. The first-order valence-electron chi connectivity index (χ1n) is 5.08. The molecule has 0 aromatic rings. The summed E-state index contributed by atoms with van der Waals surface area (Å²) in [6.07, 6.45) is 4.69. The van der Waals surface area contributed by atoms with E-state index in [1.807, 2.05) is 0 Å². The van der Waals surface area contributed by atoms with E-state index in [1.165, 1.54) is 12.8 Å². The molecule has 0 spiro atoms. The second-order valence-corrected chi connectivity index (χ2v) is 4.34. The van der Waals surface area contributed by atoms with Gasteiger partial charge < -0.3 is 9.84 Å². The fourth-order valence-electron chi connectivity index (χ4n) is 1.82. The van der Waals surface area contributed by atoms with Crippen LogP contribution >= 0.6 is 11.6 Å². The summed E-state index contributed by atoms with van der Waals surface area (Å²) in [6, 6.07) is 0. The van der Waals surface area contributed by atoms with Crippen molar-refractivity contribution >= 4 is 11.6 Å². The Morgan fingerprint density at radius 2 is 2.31 bits per heavy atom. The molecule has 0 aromatic carbocycles. The predicted molar refractivity (Wildman–Crippen MR) is 54.1 cm³/mol. The van der Waals surface area contributed by atoms with E-state index < -0.39 is 6.10 Å². The zero-order chi connectivity index (χ0) is 9.68. The molecule has 0 amide bonds. The van der Waals surface area contributed by atoms with Crippen LogP contribution in [0.3, 0.4) is 0 Å². The summed E-state index contributed by atoms with van der Waals surface area (Å²) in [5.41, 5.74) is 0. The van der Waals surface area contributed by atoms with E-state index in [0.717, 1.165) is 18.8 Å². The highest BCUT2D eigenvalue weighted by Gasteiger charge is 2.19. The Morgan fingerprint density at radius 3 is 2.92 bits per heavy atom. The highest BCUT2D eigenvalue weighted by atomic mass is 35.5. The smallest absolute Gasteiger partial charge is 0.0908 e. The fraction of sp³-hybridized carbons (Fsp3) is 1.00. The van der Waals surface area contributed by atoms with E-state index >= 15 is 0 Å². The molecule has 1 saturated carbocycles. The summed E-state index contributed by atoms with van der Waals surface area (Å²) in [5.74, 6) is 1.04. The van der Waals surface area contributed by atoms with Crippen LogP contribution in [0.1, 0.15) is 32.6 Å². The molecule has 0 radical (unpaired) electrons. The molecule has 78 valence electrons. The highest BCUT2D eigenvalue weighted by molar-refractivity contribution is 6.18. The van der Waals surface area contributed by atoms with Crippen LogP contribution in [0.4, 0.5) is 0 Å². The molecule has 0 aliphatic heterocycles. The lowest BCUT2D eigenvalue weighted by Crippen LogP contribution is -2.26. The van der Waals surface area contributed by atoms with Crippen molar-refractivity contribution in [2.75, 3.05) is 12.5 Å². The Kier molecular flexibility index (Phi) is 5.07. The van der Waals surface area contributed by atoms with Crippen molar-refractivity contribution in [2.45, 2.75) is 44.8 Å². The first-order valence-corrected chi connectivity index (χ1v) is 5.61. The minimum atomic E-state index is -0.501. The third kappa shape index (κ3) is 4.30. The maximum absolute atomic E-state index is 9.20. The van der Waals surface area contributed by atoms with Crippen molar-refractivity contribution in [2.24, 2.45) is 5.92 Å². The van der Waals surface area contributed by atoms with Gasteiger partial charge in [-0.05, 0) is 18.8 Å². The largest absolute Gasteiger partial charge is 0.389 e. The quantitative estimate of drug-likeness (QED) is 0.715. The lowest BCUT2D eigenvalue weighted by molar-refractivity contribution is -0.0251. The van der Waals surface area contributed by atoms with Crippen LogP contribution in [0, 0.1) is 5.92 Å². The van der Waals surface area contributed by atoms with Crippen LogP contribution in [-0.2, 0) is 4.74 Å². The lowest BCUT2D eigenvalue weighted by Gasteiger charge is -2.27. The van der Waals surface area contributed by atoms with Gasteiger partial charge >= 0.3 is 0 Å². The molecule has 3 atom stereocenters. The van der Waals surface area contributed by atoms with E-state index in [9.17, 15) is 5.11 Å². The number of aliphatic hydroxyl groups excluding tert-OH is 1. The second kappa shape index (κ2) is 5.84. The Bertz CT molecular complexity index is 141. The van der Waals surface area contributed by atoms with Gasteiger partial charge in [0, 0.05) is 0 Å². The van der Waals surface area contributed by atoms with Gasteiger partial charge in [0.2, 0.25) is 0 Å². The minimum absolute atomic E-state index is 0.266. The molecule has 2 nitrogen and oxygen atoms in total. The van der Waals surface area contributed by atoms with Crippen LogP contribution in [0.25, 0.3) is 0 Å². The molecule has 3 unspecified atom stereocenters. The summed E-state index contributed by atoms with van der Waals surface area (Å²) in [6.45, 7) is 2.65. The summed E-state index contributed by atoms with van der Waals surface area (Å²) in [7, 11) is 0. The van der Waals surface area contributed by atoms with Crippen molar-refractivity contribution in [3.05, 3.63) is 0 Å². The number of hydrogen-bond donors (Lipinski definition) is 1. The average molecular weight is 207 g/mol. The van der Waals surface area contributed by atoms with Gasteiger partial charge in [-0.3, -0.25) is 0 Å². The maximum atomic E-state index is 9.20. The first kappa shape index (κ1) is 11.3. The maximum Gasteiger partial charge on any atom is 0.0908 e. The van der Waals surface area contributed by atoms with Crippen LogP contribution in [0.5, 0.6) is 0 Å². The number of alkyl halides is 1. The normalized spacial score (nSPS) is 31.6. The Hall–Kier alpha value is 0.210. The minimum Gasteiger partial charge on any atom is -0.389 e. The van der Waals surface area contributed by atoms with E-state index in [-0.39, 0.29) is 5.88 Å². The SMILES string of the molecule is CC1CCCC(OCC(O)CCl)C1. The monoisotopic (exact) mass is 206 g/mol. The standard InChI is InChI=1S/C10H19ClO2/c1-8-3-2-4-10(5-8)13-7-9(12)6-11/h8-10,12H,2-7H2,1H3. The molecule has 3 heteroatoms. The van der Waals surface area contributed by atoms with E-state index in [2.05, 4.69) is 6.92 Å². The van der Waals surface area contributed by atoms with Gasteiger partial charge in [0.05, 0.1) is 24.7 Å². The van der Waals surface area contributed by atoms with Crippen LogP contribution in [0.2, 0.25) is 0 Å². The first-order chi connectivity index (χ1) is 6.22. The predicted octanol–water partition coefficient (Wildman–Crippen LogP) is 2.18. The van der Waals surface area contributed by atoms with E-state index in [1.54, 1.807) is 0 Å². The van der Waals surface area contributed by atoms with Gasteiger partial charge in [-0.1, -0.05) is 19.8 Å². The van der Waals surface area contributed by atoms with Crippen molar-refractivity contribution < 1.29 is 9.84 Å². The number of ether oxygens (including phenoxy) is 1. The van der Waals surface area contributed by atoms with Gasteiger partial charge in [-0.15, -0.1) is 11.6 Å². The van der Waals surface area contributed by atoms with Gasteiger partial charge in [-0.25, -0.2) is 0 Å². The number of aliphatic hydroxyl groups is 1. The van der Waals surface area contributed by atoms with Gasteiger partial charge in [0.25, 0.3) is 0 Å². The topological polar surface area (TPSA) is 29.5 Å². The fourth-order valence-corrected chi connectivity index (χ4v) is 1.91. The summed E-state index contributed by atoms with van der Waals surface area (Å²) >= 11 is 5.47. The molecule has 0 heterocycles. The molecular weight excluding hydrogens is 188 g/mol. The van der Waals surface area contributed by atoms with E-state index in [0.29, 0.717) is 12.7 Å². The molecule has 1 rings (SSSR count). The average Bonchev–Trinajstić information content (AvgIpc) is 2.14. The Balaban J connectivity index is 2.13. The number of hydrogen-bond acceptors (Lipinski definition) is 2. The molecule has 1 N–H and O–H groups in total. The molecule has 0 aromatic heterocycles. The number of rotatable bonds is 4. The Labute approximate surface area is 85.2 Å². The second-order valence-electron chi connectivity index (χ2n) is 4.04. The van der Waals surface area contributed by atoms with Gasteiger partial charge in [0.1, 0.15) is 0 Å². The van der Waals surface area contributed by atoms with Gasteiger partial charge in [-0.2, -0.15) is 0 Å². The molecule has 1 fully saturated rings. The molecule has 1 aliphatic carbocycles. The van der Waals surface area contributed by atoms with Gasteiger partial charge in [0.15, 0.2) is 0 Å². The van der Waals surface area contributed by atoms with Crippen molar-refractivity contribution in [3.63, 3.8) is 0 Å². The van der Waals surface area contributed by atoms with E-state index in [4.69, 9.17) is 16.3 Å². The number of halogens is 1. The molecule has 1 aliphatic rings. The van der Waals surface area contributed by atoms with Crippen LogP contribution in [-0.4, -0.2) is 29.8 Å². The highest BCUT2D eigenvalue weighted by Crippen LogP contribution is 2.25. The molecule has 0 saturated heterocycles. The molecule has 0 bridgehead atoms. The zero-order valence-electron chi connectivity index (χ0n) is 8.21. The lowest BCUT2D eigenvalue weighted by atomic mass is 9.89. The van der Waals surface area contributed by atoms with Crippen molar-refractivity contribution in [3.8, 4) is 0 Å². The van der Waals surface area contributed by atoms with Crippen LogP contribution in [0.15, 0.2) is 0 Å². The third-order valence-corrected chi connectivity index (χ3v) is 2.95. The summed E-state index contributed by atoms with van der Waals surface area (Å²) < 4.78 is 5.57. The van der Waals surface area contributed by atoms with Crippen molar-refractivity contribution in [1.29, 1.82) is 0 Å². The summed E-state index contributed by atoms with van der Waals surface area (Å²) in [5, 5.41) is 9.20.